The molecule has 1 N–H and O–H groups in total. The number of ether oxygens (including phenoxy) is 3. The van der Waals surface area contributed by atoms with Crippen molar-refractivity contribution in [1.82, 2.24) is 5.32 Å². The third-order valence-electron chi connectivity index (χ3n) is 4.99. The van der Waals surface area contributed by atoms with Gasteiger partial charge in [-0.1, -0.05) is 12.1 Å². The molecule has 1 aliphatic carbocycles. The Bertz CT molecular complexity index is 908. The van der Waals surface area contributed by atoms with E-state index in [4.69, 9.17) is 14.2 Å². The molecule has 0 heterocycles. The third-order valence-corrected chi connectivity index (χ3v) is 4.99. The number of carbonyl (C=O) groups is 2. The number of nitrogens with zero attached hydrogens (tertiary/aromatic N) is 1. The quantitative estimate of drug-likeness (QED) is 0.740. The normalized spacial score (nSPS) is 12.8. The Kier molecular flexibility index (Phi) is 6.26. The summed E-state index contributed by atoms with van der Waals surface area (Å²) in [6, 6.07) is 10.6. The van der Waals surface area contributed by atoms with E-state index in [1.165, 1.54) is 0 Å². The molecule has 2 aromatic rings. The zero-order chi connectivity index (χ0) is 21.0. The van der Waals surface area contributed by atoms with Crippen molar-refractivity contribution in [3.8, 4) is 17.2 Å². The molecular formula is C22H26N2O5. The van der Waals surface area contributed by atoms with E-state index in [0.29, 0.717) is 28.5 Å². The van der Waals surface area contributed by atoms with E-state index in [0.717, 1.165) is 18.4 Å². The number of anilines is 1. The van der Waals surface area contributed by atoms with Crippen LogP contribution in [0.15, 0.2) is 36.4 Å². The van der Waals surface area contributed by atoms with Gasteiger partial charge in [-0.05, 0) is 31.0 Å². The summed E-state index contributed by atoms with van der Waals surface area (Å²) in [6.07, 6.45) is 1.83. The Morgan fingerprint density at radius 2 is 1.62 bits per heavy atom. The summed E-state index contributed by atoms with van der Waals surface area (Å²) in [5, 5.41) is 2.90. The Morgan fingerprint density at radius 1 is 1.00 bits per heavy atom. The SMILES string of the molecule is COc1cc(OC)c(OC)cc1CNC(=O)c1ccccc1N(C)C(=O)C1CC1. The predicted octanol–water partition coefficient (Wildman–Crippen LogP) is 3.02. The summed E-state index contributed by atoms with van der Waals surface area (Å²) >= 11 is 0. The number of amides is 2. The van der Waals surface area contributed by atoms with Crippen molar-refractivity contribution in [2.24, 2.45) is 5.92 Å². The highest BCUT2D eigenvalue weighted by atomic mass is 16.5. The molecule has 3 rings (SSSR count). The van der Waals surface area contributed by atoms with Crippen molar-refractivity contribution in [3.05, 3.63) is 47.5 Å². The highest BCUT2D eigenvalue weighted by molar-refractivity contribution is 6.05. The molecule has 1 saturated carbocycles. The standard InChI is InChI=1S/C22H26N2O5/c1-24(22(26)14-9-10-14)17-8-6-5-7-16(17)21(25)23-13-15-11-19(28-3)20(29-4)12-18(15)27-2/h5-8,11-12,14H,9-10,13H2,1-4H3,(H,23,25). The van der Waals surface area contributed by atoms with E-state index in [1.54, 1.807) is 63.6 Å². The van der Waals surface area contributed by atoms with Crippen LogP contribution >= 0.6 is 0 Å². The van der Waals surface area contributed by atoms with E-state index < -0.39 is 0 Å². The highest BCUT2D eigenvalue weighted by Gasteiger charge is 2.33. The Balaban J connectivity index is 1.79. The minimum Gasteiger partial charge on any atom is -0.496 e. The molecule has 7 heteroatoms. The van der Waals surface area contributed by atoms with Gasteiger partial charge < -0.3 is 24.4 Å². The molecule has 0 atom stereocenters. The molecule has 0 bridgehead atoms. The van der Waals surface area contributed by atoms with Gasteiger partial charge in [0.1, 0.15) is 5.75 Å². The van der Waals surface area contributed by atoms with Crippen LogP contribution in [0.5, 0.6) is 17.2 Å². The fraction of sp³-hybridized carbons (Fsp3) is 0.364. The van der Waals surface area contributed by atoms with Crippen LogP contribution < -0.4 is 24.4 Å². The third kappa shape index (κ3) is 4.45. The topological polar surface area (TPSA) is 77.1 Å². The molecule has 0 aromatic heterocycles. The molecule has 1 fully saturated rings. The zero-order valence-electron chi connectivity index (χ0n) is 17.2. The average Bonchev–Trinajstić information content (AvgIpc) is 3.61. The van der Waals surface area contributed by atoms with Crippen LogP contribution in [0.3, 0.4) is 0 Å². The number of methoxy groups -OCH3 is 3. The molecule has 0 radical (unpaired) electrons. The molecule has 2 aromatic carbocycles. The maximum atomic E-state index is 12.9. The van der Waals surface area contributed by atoms with Crippen molar-refractivity contribution in [2.45, 2.75) is 19.4 Å². The summed E-state index contributed by atoms with van der Waals surface area (Å²) in [5.41, 5.74) is 1.79. The van der Waals surface area contributed by atoms with Crippen LogP contribution in [-0.4, -0.2) is 40.2 Å². The molecule has 154 valence electrons. The first-order chi connectivity index (χ1) is 14.0. The smallest absolute Gasteiger partial charge is 0.253 e. The van der Waals surface area contributed by atoms with Gasteiger partial charge in [-0.15, -0.1) is 0 Å². The first-order valence-electron chi connectivity index (χ1n) is 9.43. The van der Waals surface area contributed by atoms with Gasteiger partial charge in [0.15, 0.2) is 11.5 Å². The lowest BCUT2D eigenvalue weighted by atomic mass is 10.1. The zero-order valence-corrected chi connectivity index (χ0v) is 17.2. The maximum absolute atomic E-state index is 12.9. The highest BCUT2D eigenvalue weighted by Crippen LogP contribution is 2.35. The number of hydrogen-bond donors (Lipinski definition) is 1. The molecule has 1 aliphatic rings. The number of nitrogens with one attached hydrogen (secondary N) is 1. The Labute approximate surface area is 170 Å². The summed E-state index contributed by atoms with van der Waals surface area (Å²) in [5.74, 6) is 1.53. The van der Waals surface area contributed by atoms with Gasteiger partial charge in [0.25, 0.3) is 5.91 Å². The summed E-state index contributed by atoms with van der Waals surface area (Å²) in [7, 11) is 6.37. The summed E-state index contributed by atoms with van der Waals surface area (Å²) in [4.78, 5) is 26.9. The second kappa shape index (κ2) is 8.86. The van der Waals surface area contributed by atoms with Crippen LogP contribution in [0.4, 0.5) is 5.69 Å². The van der Waals surface area contributed by atoms with Crippen LogP contribution in [0, 0.1) is 5.92 Å². The lowest BCUT2D eigenvalue weighted by molar-refractivity contribution is -0.119. The second-order valence-corrected chi connectivity index (χ2v) is 6.89. The van der Waals surface area contributed by atoms with E-state index in [9.17, 15) is 9.59 Å². The first-order valence-corrected chi connectivity index (χ1v) is 9.43. The van der Waals surface area contributed by atoms with Crippen molar-refractivity contribution < 1.29 is 23.8 Å². The van der Waals surface area contributed by atoms with Gasteiger partial charge >= 0.3 is 0 Å². The van der Waals surface area contributed by atoms with Gasteiger partial charge in [0, 0.05) is 31.1 Å². The predicted molar refractivity (Wildman–Crippen MR) is 110 cm³/mol. The van der Waals surface area contributed by atoms with E-state index in [-0.39, 0.29) is 24.3 Å². The summed E-state index contributed by atoms with van der Waals surface area (Å²) in [6.45, 7) is 0.233. The molecular weight excluding hydrogens is 372 g/mol. The van der Waals surface area contributed by atoms with Crippen LogP contribution in [0.1, 0.15) is 28.8 Å². The number of benzene rings is 2. The number of carbonyl (C=O) groups excluding carboxylic acids is 2. The van der Waals surface area contributed by atoms with Crippen LogP contribution in [0.25, 0.3) is 0 Å². The van der Waals surface area contributed by atoms with Gasteiger partial charge in [-0.25, -0.2) is 0 Å². The van der Waals surface area contributed by atoms with Crippen molar-refractivity contribution in [2.75, 3.05) is 33.3 Å². The van der Waals surface area contributed by atoms with E-state index in [2.05, 4.69) is 5.32 Å². The number of para-hydroxylation sites is 1. The summed E-state index contributed by atoms with van der Waals surface area (Å²) < 4.78 is 16.0. The molecule has 7 nitrogen and oxygen atoms in total. The van der Waals surface area contributed by atoms with Gasteiger partial charge in [0.2, 0.25) is 5.91 Å². The van der Waals surface area contributed by atoms with Crippen LogP contribution in [0.2, 0.25) is 0 Å². The van der Waals surface area contributed by atoms with Crippen LogP contribution in [-0.2, 0) is 11.3 Å². The average molecular weight is 398 g/mol. The minimum atomic E-state index is -0.270. The van der Waals surface area contributed by atoms with E-state index >= 15 is 0 Å². The van der Waals surface area contributed by atoms with Gasteiger partial charge in [-0.2, -0.15) is 0 Å². The molecule has 0 spiro atoms. The second-order valence-electron chi connectivity index (χ2n) is 6.89. The molecule has 0 unspecified atom stereocenters. The molecule has 29 heavy (non-hydrogen) atoms. The fourth-order valence-electron chi connectivity index (χ4n) is 3.18. The monoisotopic (exact) mass is 398 g/mol. The van der Waals surface area contributed by atoms with Gasteiger partial charge in [0.05, 0.1) is 32.6 Å². The lowest BCUT2D eigenvalue weighted by Gasteiger charge is -2.20. The number of hydrogen-bond acceptors (Lipinski definition) is 5. The fourth-order valence-corrected chi connectivity index (χ4v) is 3.18. The Morgan fingerprint density at radius 3 is 2.24 bits per heavy atom. The molecule has 2 amide bonds. The lowest BCUT2D eigenvalue weighted by Crippen LogP contribution is -2.31. The molecule has 0 saturated heterocycles. The van der Waals surface area contributed by atoms with Crippen molar-refractivity contribution in [3.63, 3.8) is 0 Å². The number of rotatable bonds is 8. The molecule has 0 aliphatic heterocycles. The maximum Gasteiger partial charge on any atom is 0.253 e. The van der Waals surface area contributed by atoms with Gasteiger partial charge in [-0.3, -0.25) is 9.59 Å². The Hall–Kier alpha value is -3.22. The van der Waals surface area contributed by atoms with Crippen molar-refractivity contribution in [1.29, 1.82) is 0 Å². The minimum absolute atomic E-state index is 0.0480. The first kappa shape index (κ1) is 20.5. The van der Waals surface area contributed by atoms with Crippen molar-refractivity contribution >= 4 is 17.5 Å². The van der Waals surface area contributed by atoms with E-state index in [1.807, 2.05) is 6.07 Å². The largest absolute Gasteiger partial charge is 0.496 e.